The molecule has 0 aromatic carbocycles. The molecule has 1 amide bonds. The zero-order valence-corrected chi connectivity index (χ0v) is 15.6. The lowest BCUT2D eigenvalue weighted by atomic mass is 10.2. The van der Waals surface area contributed by atoms with E-state index in [-0.39, 0.29) is 5.91 Å². The highest BCUT2D eigenvalue weighted by atomic mass is 16.1. The predicted octanol–water partition coefficient (Wildman–Crippen LogP) is 2.79. The lowest BCUT2D eigenvalue weighted by molar-refractivity contribution is 0.0950. The molecule has 3 rings (SSSR count). The molecule has 0 atom stereocenters. The van der Waals surface area contributed by atoms with Crippen LogP contribution < -0.4 is 10.2 Å². The second kappa shape index (κ2) is 8.89. The Labute approximate surface area is 159 Å². The van der Waals surface area contributed by atoms with Crippen molar-refractivity contribution in [1.29, 1.82) is 0 Å². The van der Waals surface area contributed by atoms with E-state index < -0.39 is 0 Å². The van der Waals surface area contributed by atoms with Crippen LogP contribution in [0.3, 0.4) is 0 Å². The van der Waals surface area contributed by atoms with Gasteiger partial charge in [-0.2, -0.15) is 0 Å². The van der Waals surface area contributed by atoms with E-state index in [0.717, 1.165) is 30.0 Å². The highest BCUT2D eigenvalue weighted by molar-refractivity contribution is 5.95. The Bertz CT molecular complexity index is 898. The van der Waals surface area contributed by atoms with Gasteiger partial charge in [-0.1, -0.05) is 12.1 Å². The third-order valence-corrected chi connectivity index (χ3v) is 4.35. The van der Waals surface area contributed by atoms with Crippen LogP contribution in [0.4, 0.5) is 5.82 Å². The monoisotopic (exact) mass is 361 g/mol. The number of hydrogen-bond acceptors (Lipinski definition) is 5. The first-order valence-corrected chi connectivity index (χ1v) is 8.90. The van der Waals surface area contributed by atoms with Crippen molar-refractivity contribution in [3.8, 4) is 0 Å². The number of pyridine rings is 3. The molecule has 6 nitrogen and oxygen atoms in total. The highest BCUT2D eigenvalue weighted by Gasteiger charge is 2.12. The van der Waals surface area contributed by atoms with Crippen LogP contribution in [0.1, 0.15) is 27.3 Å². The van der Waals surface area contributed by atoms with Crippen molar-refractivity contribution in [2.45, 2.75) is 19.9 Å². The van der Waals surface area contributed by atoms with Gasteiger partial charge in [0, 0.05) is 62.1 Å². The molecule has 0 aliphatic heterocycles. The fourth-order valence-electron chi connectivity index (χ4n) is 2.84. The van der Waals surface area contributed by atoms with Crippen LogP contribution in [-0.4, -0.2) is 34.5 Å². The Balaban J connectivity index is 1.65. The summed E-state index contributed by atoms with van der Waals surface area (Å²) in [6.07, 6.45) is 6.08. The smallest absolute Gasteiger partial charge is 0.253 e. The number of carbonyl (C=O) groups excluding carboxylic acids is 1. The molecule has 0 saturated carbocycles. The minimum Gasteiger partial charge on any atom is -0.359 e. The van der Waals surface area contributed by atoms with E-state index >= 15 is 0 Å². The summed E-state index contributed by atoms with van der Waals surface area (Å²) in [6, 6.07) is 13.3. The zero-order valence-electron chi connectivity index (χ0n) is 15.6. The molecular weight excluding hydrogens is 338 g/mol. The third kappa shape index (κ3) is 4.88. The zero-order chi connectivity index (χ0) is 19.1. The number of hydrogen-bond donors (Lipinski definition) is 1. The number of rotatable bonds is 7. The number of amides is 1. The number of likely N-dealkylation sites (N-methyl/N-ethyl adjacent to an activating group) is 1. The summed E-state index contributed by atoms with van der Waals surface area (Å²) in [5, 5.41) is 2.97. The summed E-state index contributed by atoms with van der Waals surface area (Å²) in [6.45, 7) is 3.02. The molecule has 3 heterocycles. The maximum atomic E-state index is 12.4. The lowest BCUT2D eigenvalue weighted by Crippen LogP contribution is -2.27. The van der Waals surface area contributed by atoms with E-state index in [4.69, 9.17) is 0 Å². The van der Waals surface area contributed by atoms with E-state index in [2.05, 4.69) is 25.2 Å². The first-order valence-electron chi connectivity index (χ1n) is 8.90. The van der Waals surface area contributed by atoms with Crippen LogP contribution in [0, 0.1) is 6.92 Å². The van der Waals surface area contributed by atoms with E-state index in [0.29, 0.717) is 17.8 Å². The first kappa shape index (κ1) is 18.5. The van der Waals surface area contributed by atoms with Gasteiger partial charge in [0.25, 0.3) is 5.91 Å². The van der Waals surface area contributed by atoms with Crippen LogP contribution in [0.2, 0.25) is 0 Å². The number of carbonyl (C=O) groups is 1. The molecule has 0 aliphatic carbocycles. The van der Waals surface area contributed by atoms with Gasteiger partial charge in [0.05, 0.1) is 5.56 Å². The summed E-state index contributed by atoms with van der Waals surface area (Å²) in [5.74, 6) is 0.725. The summed E-state index contributed by atoms with van der Waals surface area (Å²) < 4.78 is 0. The summed E-state index contributed by atoms with van der Waals surface area (Å²) in [7, 11) is 2.00. The van der Waals surface area contributed by atoms with Crippen molar-refractivity contribution >= 4 is 11.7 Å². The van der Waals surface area contributed by atoms with Crippen molar-refractivity contribution in [3.05, 3.63) is 83.6 Å². The van der Waals surface area contributed by atoms with Crippen LogP contribution in [0.25, 0.3) is 0 Å². The quantitative estimate of drug-likeness (QED) is 0.701. The Morgan fingerprint density at radius 3 is 2.56 bits per heavy atom. The number of aryl methyl sites for hydroxylation is 1. The van der Waals surface area contributed by atoms with Gasteiger partial charge in [0.2, 0.25) is 0 Å². The predicted molar refractivity (Wildman–Crippen MR) is 106 cm³/mol. The second-order valence-corrected chi connectivity index (χ2v) is 6.30. The number of aromatic nitrogens is 3. The molecule has 3 aromatic rings. The van der Waals surface area contributed by atoms with Gasteiger partial charge in [0.15, 0.2) is 0 Å². The molecule has 0 aliphatic rings. The molecule has 0 saturated heterocycles. The summed E-state index contributed by atoms with van der Waals surface area (Å²) >= 11 is 0. The number of nitrogens with zero attached hydrogens (tertiary/aromatic N) is 4. The van der Waals surface area contributed by atoms with Crippen LogP contribution in [0.15, 0.2) is 61.1 Å². The van der Waals surface area contributed by atoms with Crippen molar-refractivity contribution in [2.75, 3.05) is 18.5 Å². The summed E-state index contributed by atoms with van der Waals surface area (Å²) in [4.78, 5) is 27.6. The van der Waals surface area contributed by atoms with Gasteiger partial charge in [-0.25, -0.2) is 4.98 Å². The average molecular weight is 361 g/mol. The first-order chi connectivity index (χ1) is 13.1. The normalized spacial score (nSPS) is 10.4. The topological polar surface area (TPSA) is 71.0 Å². The van der Waals surface area contributed by atoms with Gasteiger partial charge in [-0.15, -0.1) is 0 Å². The molecule has 0 unspecified atom stereocenters. The molecule has 3 aromatic heterocycles. The van der Waals surface area contributed by atoms with Crippen LogP contribution in [0.5, 0.6) is 0 Å². The Hall–Kier alpha value is -3.28. The van der Waals surface area contributed by atoms with Gasteiger partial charge in [-0.05, 0) is 37.3 Å². The Morgan fingerprint density at radius 1 is 1.00 bits per heavy atom. The maximum absolute atomic E-state index is 12.4. The minimum atomic E-state index is -0.133. The van der Waals surface area contributed by atoms with Crippen molar-refractivity contribution in [2.24, 2.45) is 0 Å². The number of nitrogens with one attached hydrogen (secondary N) is 1. The molecule has 1 N–H and O–H groups in total. The number of anilines is 1. The van der Waals surface area contributed by atoms with Crippen molar-refractivity contribution in [3.63, 3.8) is 0 Å². The highest BCUT2D eigenvalue weighted by Crippen LogP contribution is 2.16. The second-order valence-electron chi connectivity index (χ2n) is 6.30. The largest absolute Gasteiger partial charge is 0.359 e. The third-order valence-electron chi connectivity index (χ3n) is 4.35. The average Bonchev–Trinajstić information content (AvgIpc) is 2.71. The van der Waals surface area contributed by atoms with Crippen LogP contribution >= 0.6 is 0 Å². The summed E-state index contributed by atoms with van der Waals surface area (Å²) in [5.41, 5.74) is 3.32. The fraction of sp³-hybridized carbons (Fsp3) is 0.238. The Kier molecular flexibility index (Phi) is 6.10. The molecule has 0 radical (unpaired) electrons. The molecule has 6 heteroatoms. The van der Waals surface area contributed by atoms with E-state index in [9.17, 15) is 4.79 Å². The maximum Gasteiger partial charge on any atom is 0.253 e. The molecule has 0 spiro atoms. The van der Waals surface area contributed by atoms with Gasteiger partial charge in [-0.3, -0.25) is 14.8 Å². The van der Waals surface area contributed by atoms with E-state index in [1.54, 1.807) is 30.7 Å². The molecule has 0 fully saturated rings. The Morgan fingerprint density at radius 2 is 1.78 bits per heavy atom. The SMILES string of the molecule is Cc1ncccc1C(=O)NCc1cccnc1N(C)CCc1ccccn1. The van der Waals surface area contributed by atoms with Crippen molar-refractivity contribution < 1.29 is 4.79 Å². The van der Waals surface area contributed by atoms with Gasteiger partial charge in [0.1, 0.15) is 5.82 Å². The minimum absolute atomic E-state index is 0.133. The van der Waals surface area contributed by atoms with Crippen LogP contribution in [-0.2, 0) is 13.0 Å². The van der Waals surface area contributed by atoms with E-state index in [1.165, 1.54) is 0 Å². The van der Waals surface area contributed by atoms with Crippen molar-refractivity contribution in [1.82, 2.24) is 20.3 Å². The standard InChI is InChI=1S/C21H23N5O/c1-16-19(9-6-12-22-16)21(27)25-15-17-7-5-13-24-20(17)26(2)14-10-18-8-3-4-11-23-18/h3-9,11-13H,10,14-15H2,1-2H3,(H,25,27). The molecule has 27 heavy (non-hydrogen) atoms. The molecule has 0 bridgehead atoms. The van der Waals surface area contributed by atoms with Gasteiger partial charge < -0.3 is 10.2 Å². The molecule has 138 valence electrons. The van der Waals surface area contributed by atoms with Gasteiger partial charge >= 0.3 is 0 Å². The van der Waals surface area contributed by atoms with E-state index in [1.807, 2.05) is 44.3 Å². The molecular formula is C21H23N5O. The lowest BCUT2D eigenvalue weighted by Gasteiger charge is -2.21. The fourth-order valence-corrected chi connectivity index (χ4v) is 2.84.